The van der Waals surface area contributed by atoms with E-state index in [0.29, 0.717) is 11.5 Å². The lowest BCUT2D eigenvalue weighted by Gasteiger charge is -2.08. The Morgan fingerprint density at radius 1 is 0.702 bits per heavy atom. The molecule has 7 nitrogen and oxygen atoms in total. The van der Waals surface area contributed by atoms with E-state index in [-0.39, 0.29) is 0 Å². The third-order valence-corrected chi connectivity index (χ3v) is 9.37. The molecule has 0 spiro atoms. The molecule has 1 unspecified atom stereocenters. The number of nitrogens with one attached hydrogen (secondary N) is 1. The lowest BCUT2D eigenvalue weighted by molar-refractivity contribution is 0.467. The highest BCUT2D eigenvalue weighted by molar-refractivity contribution is 7.81. The number of aromatic nitrogens is 3. The summed E-state index contributed by atoms with van der Waals surface area (Å²) in [5.74, 6) is 0.944. The molecule has 0 aliphatic heterocycles. The molecule has 2 aromatic heterocycles. The summed E-state index contributed by atoms with van der Waals surface area (Å²) in [6, 6.07) is 27.9. The number of nitrogens with zero attached hydrogens (tertiary/aromatic N) is 3. The number of fused-ring (bicyclic) bond motifs is 4. The molecule has 1 atom stereocenters. The van der Waals surface area contributed by atoms with Gasteiger partial charge in [-0.3, -0.25) is 4.72 Å². The van der Waals surface area contributed by atoms with Crippen LogP contribution in [0.5, 0.6) is 11.5 Å². The van der Waals surface area contributed by atoms with E-state index in [1.54, 1.807) is 0 Å². The van der Waals surface area contributed by atoms with Crippen LogP contribution in [0.4, 0.5) is 5.69 Å². The third-order valence-electron chi connectivity index (χ3n) is 8.63. The molecule has 2 N–H and O–H groups in total. The van der Waals surface area contributed by atoms with Crippen molar-refractivity contribution in [2.75, 3.05) is 4.72 Å². The van der Waals surface area contributed by atoms with E-state index in [1.807, 2.05) is 95.5 Å². The average Bonchev–Trinajstić information content (AvgIpc) is 3.73. The zero-order valence-electron chi connectivity index (χ0n) is 28.4. The van der Waals surface area contributed by atoms with Gasteiger partial charge in [-0.15, -0.1) is 14.1 Å². The van der Waals surface area contributed by atoms with Gasteiger partial charge in [0.05, 0.1) is 0 Å². The molecule has 6 aromatic rings. The molecule has 0 aliphatic carbocycles. The standard InChI is InChI=1S/C25H37NO2S.C14H13N3O/c1-3-4-5-6-7-8-9-10-11-12-13-23-16-18-24(19-17-23)26-29(27)28-25-20-14-22(2)15-21-25;1-9-7-10(2)14(18)13(8-9)17-15-11-5-3-4-6-12(11)16(15)17/h14-21,26H,3-13H2,1-2H3;3-8,18H,1-2H3. The van der Waals surface area contributed by atoms with E-state index in [4.69, 9.17) is 4.18 Å². The Bertz CT molecular complexity index is 1790. The van der Waals surface area contributed by atoms with Crippen molar-refractivity contribution in [3.8, 4) is 17.2 Å². The number of aryl methyl sites for hydroxylation is 4. The largest absolute Gasteiger partial charge is 0.505 e. The highest BCUT2D eigenvalue weighted by atomic mass is 32.2. The molecule has 0 amide bonds. The summed E-state index contributed by atoms with van der Waals surface area (Å²) in [4.78, 5) is 1.99. The lowest BCUT2D eigenvalue weighted by Crippen LogP contribution is -2.10. The van der Waals surface area contributed by atoms with Crippen LogP contribution >= 0.6 is 0 Å². The Balaban J connectivity index is 0.000000203. The van der Waals surface area contributed by atoms with E-state index in [2.05, 4.69) is 35.9 Å². The molecule has 0 aliphatic rings. The summed E-state index contributed by atoms with van der Waals surface area (Å²) in [5, 5.41) is 10.2. The number of hydrogen-bond donors (Lipinski definition) is 2. The minimum Gasteiger partial charge on any atom is -0.505 e. The lowest BCUT2D eigenvalue weighted by atomic mass is 10.0. The van der Waals surface area contributed by atoms with Crippen LogP contribution in [-0.2, 0) is 17.7 Å². The monoisotopic (exact) mass is 654 g/mol. The maximum absolute atomic E-state index is 12.1. The van der Waals surface area contributed by atoms with Crippen molar-refractivity contribution in [1.29, 1.82) is 0 Å². The van der Waals surface area contributed by atoms with Gasteiger partial charge in [-0.2, -0.15) is 4.21 Å². The van der Waals surface area contributed by atoms with Crippen molar-refractivity contribution in [2.24, 2.45) is 0 Å². The molecule has 0 bridgehead atoms. The van der Waals surface area contributed by atoms with Crippen LogP contribution in [0.3, 0.4) is 0 Å². The van der Waals surface area contributed by atoms with Gasteiger partial charge in [0, 0.05) is 5.69 Å². The molecule has 0 saturated carbocycles. The van der Waals surface area contributed by atoms with Gasteiger partial charge in [-0.05, 0) is 92.8 Å². The van der Waals surface area contributed by atoms with Gasteiger partial charge in [0.1, 0.15) is 28.2 Å². The summed E-state index contributed by atoms with van der Waals surface area (Å²) < 4.78 is 24.5. The zero-order valence-corrected chi connectivity index (χ0v) is 29.2. The van der Waals surface area contributed by atoms with Gasteiger partial charge in [0.2, 0.25) is 0 Å². The Morgan fingerprint density at radius 3 is 1.87 bits per heavy atom. The zero-order chi connectivity index (χ0) is 33.2. The average molecular weight is 655 g/mol. The Hall–Kier alpha value is -4.17. The number of benzene rings is 4. The first kappa shape index (κ1) is 34.2. The molecule has 8 heteroatoms. The third kappa shape index (κ3) is 9.22. The van der Waals surface area contributed by atoms with Gasteiger partial charge in [-0.1, -0.05) is 113 Å². The Morgan fingerprint density at radius 2 is 1.28 bits per heavy atom. The smallest absolute Gasteiger partial charge is 0.316 e. The SMILES string of the molecule is CCCCCCCCCCCCc1ccc(NS(=O)Oc2ccc(C)cc2)cc1.Cc1cc(C)c(O)c(-n2n3c4ccccc4n23)c1. The fraction of sp³-hybridized carbons (Fsp3) is 0.385. The summed E-state index contributed by atoms with van der Waals surface area (Å²) >= 11 is -1.60. The summed E-state index contributed by atoms with van der Waals surface area (Å²) in [5.41, 5.74) is 8.54. The summed E-state index contributed by atoms with van der Waals surface area (Å²) in [6.07, 6.45) is 14.7. The predicted molar refractivity (Wildman–Crippen MR) is 196 cm³/mol. The van der Waals surface area contributed by atoms with Gasteiger partial charge >= 0.3 is 11.3 Å². The van der Waals surface area contributed by atoms with Crippen LogP contribution in [-0.4, -0.2) is 23.4 Å². The molecule has 0 saturated heterocycles. The van der Waals surface area contributed by atoms with Crippen LogP contribution in [0.25, 0.3) is 16.7 Å². The second-order valence-electron chi connectivity index (χ2n) is 12.7. The van der Waals surface area contributed by atoms with Gasteiger partial charge in [-0.25, -0.2) is 0 Å². The topological polar surface area (TPSA) is 72.3 Å². The second-order valence-corrected chi connectivity index (χ2v) is 13.5. The van der Waals surface area contributed by atoms with Crippen LogP contribution in [0.1, 0.15) is 93.4 Å². The van der Waals surface area contributed by atoms with Gasteiger partial charge in [0.25, 0.3) is 0 Å². The molecule has 4 aromatic carbocycles. The number of hydrogen-bond acceptors (Lipinski definition) is 3. The molecule has 2 heterocycles. The first-order chi connectivity index (χ1) is 22.9. The number of unbranched alkanes of at least 4 members (excludes halogenated alkanes) is 9. The van der Waals surface area contributed by atoms with Crippen molar-refractivity contribution in [1.82, 2.24) is 14.1 Å². The molecular formula is C39H50N4O3S. The van der Waals surface area contributed by atoms with Gasteiger partial charge < -0.3 is 9.29 Å². The van der Waals surface area contributed by atoms with Crippen molar-refractivity contribution in [3.05, 3.63) is 107 Å². The normalized spacial score (nSPS) is 12.0. The van der Waals surface area contributed by atoms with E-state index in [1.165, 1.54) is 80.8 Å². The number of rotatable bonds is 16. The molecular weight excluding hydrogens is 605 g/mol. The minimum atomic E-state index is -1.60. The maximum Gasteiger partial charge on any atom is 0.316 e. The summed E-state index contributed by atoms with van der Waals surface area (Å²) in [7, 11) is 0. The first-order valence-corrected chi connectivity index (χ1v) is 18.2. The molecule has 0 radical (unpaired) electrons. The quantitative estimate of drug-likeness (QED) is 0.102. The van der Waals surface area contributed by atoms with E-state index < -0.39 is 11.3 Å². The van der Waals surface area contributed by atoms with Crippen molar-refractivity contribution in [2.45, 2.75) is 98.3 Å². The molecule has 6 rings (SSSR count). The maximum atomic E-state index is 12.1. The van der Waals surface area contributed by atoms with E-state index in [9.17, 15) is 9.32 Å². The van der Waals surface area contributed by atoms with Crippen molar-refractivity contribution >= 4 is 28.0 Å². The van der Waals surface area contributed by atoms with Crippen LogP contribution in [0.2, 0.25) is 0 Å². The predicted octanol–water partition coefficient (Wildman–Crippen LogP) is 10.3. The second kappa shape index (κ2) is 16.6. The summed E-state index contributed by atoms with van der Waals surface area (Å²) in [6.45, 7) is 8.25. The van der Waals surface area contributed by atoms with Crippen LogP contribution in [0.15, 0.2) is 84.9 Å². The number of phenolic OH excluding ortho intramolecular Hbond substituents is 1. The minimum absolute atomic E-state index is 0.348. The number of anilines is 1. The fourth-order valence-electron chi connectivity index (χ4n) is 5.94. The molecule has 0 fully saturated rings. The van der Waals surface area contributed by atoms with E-state index >= 15 is 0 Å². The number of phenols is 1. The Kier molecular flexibility index (Phi) is 12.1. The highest BCUT2D eigenvalue weighted by Gasteiger charge is 2.25. The Labute approximate surface area is 282 Å². The highest BCUT2D eigenvalue weighted by Crippen LogP contribution is 2.33. The molecule has 250 valence electrons. The van der Waals surface area contributed by atoms with Crippen LogP contribution < -0.4 is 8.91 Å². The van der Waals surface area contributed by atoms with Crippen LogP contribution in [0, 0.1) is 20.8 Å². The van der Waals surface area contributed by atoms with E-state index in [0.717, 1.165) is 34.5 Å². The molecule has 47 heavy (non-hydrogen) atoms. The first-order valence-electron chi connectivity index (χ1n) is 17.2. The van der Waals surface area contributed by atoms with Crippen molar-refractivity contribution in [3.63, 3.8) is 0 Å². The van der Waals surface area contributed by atoms with Gasteiger partial charge in [0.15, 0.2) is 0 Å². The number of aromatic hydroxyl groups is 1. The number of para-hydroxylation sites is 2. The van der Waals surface area contributed by atoms with Crippen molar-refractivity contribution < 1.29 is 13.5 Å². The fourth-order valence-corrected chi connectivity index (χ4v) is 6.60.